The largest absolute Gasteiger partial charge is 0.529 e. The lowest BCUT2D eigenvalue weighted by Crippen LogP contribution is -2.22. The third-order valence-corrected chi connectivity index (χ3v) is 4.18. The van der Waals surface area contributed by atoms with E-state index in [-0.39, 0.29) is 12.7 Å². The van der Waals surface area contributed by atoms with Crippen LogP contribution in [-0.2, 0) is 28.2 Å². The molecule has 0 bridgehead atoms. The monoisotopic (exact) mass is 310 g/mol. The lowest BCUT2D eigenvalue weighted by Gasteiger charge is -2.23. The van der Waals surface area contributed by atoms with E-state index in [0.29, 0.717) is 6.61 Å². The van der Waals surface area contributed by atoms with E-state index >= 15 is 0 Å². The smallest absolute Gasteiger partial charge is 0.278 e. The van der Waals surface area contributed by atoms with Crippen molar-refractivity contribution in [3.63, 3.8) is 0 Å². The molecule has 6 nitrogen and oxygen atoms in total. The van der Waals surface area contributed by atoms with Gasteiger partial charge in [0, 0.05) is 0 Å². The Hall–Kier alpha value is 0.0300. The van der Waals surface area contributed by atoms with E-state index in [0.717, 1.165) is 12.8 Å². The topological polar surface area (TPSA) is 63.2 Å². The predicted molar refractivity (Wildman–Crippen MR) is 74.8 cm³/mol. The molecule has 0 aromatic rings. The van der Waals surface area contributed by atoms with Crippen molar-refractivity contribution in [3.05, 3.63) is 0 Å². The molecule has 0 spiro atoms. The highest BCUT2D eigenvalue weighted by molar-refractivity contribution is 7.48. The zero-order chi connectivity index (χ0) is 14.7. The van der Waals surface area contributed by atoms with E-state index in [9.17, 15) is 4.57 Å². The molecule has 0 aliphatic carbocycles. The van der Waals surface area contributed by atoms with Gasteiger partial charge < -0.3 is 0 Å². The van der Waals surface area contributed by atoms with Crippen LogP contribution in [0.2, 0.25) is 0 Å². The van der Waals surface area contributed by atoms with Crippen molar-refractivity contribution in [1.29, 1.82) is 0 Å². The normalized spacial score (nSPS) is 26.8. The van der Waals surface area contributed by atoms with Crippen molar-refractivity contribution in [2.75, 3.05) is 13.2 Å². The van der Waals surface area contributed by atoms with Crippen LogP contribution in [0.1, 0.15) is 65.2 Å². The van der Waals surface area contributed by atoms with E-state index in [2.05, 4.69) is 21.2 Å². The van der Waals surface area contributed by atoms with Gasteiger partial charge in [-0.2, -0.15) is 0 Å². The van der Waals surface area contributed by atoms with Crippen molar-refractivity contribution in [2.45, 2.75) is 71.3 Å². The fourth-order valence-corrected chi connectivity index (χ4v) is 2.88. The van der Waals surface area contributed by atoms with Crippen LogP contribution in [0.3, 0.4) is 0 Å². The molecule has 0 aromatic heterocycles. The Labute approximate surface area is 121 Å². The Balaban J connectivity index is 1.90. The number of rotatable bonds is 11. The fraction of sp³-hybridized carbons (Fsp3) is 1.00. The molecule has 120 valence electrons. The molecule has 1 saturated heterocycles. The minimum absolute atomic E-state index is 0.228. The standard InChI is InChI=1S/C13H27O6P/c1-3-4-5-6-7-8-9-10-11-15-18-20(14)17-13(2)12-16-19-20/h13H,3-12H2,1-2H3. The Kier molecular flexibility index (Phi) is 9.68. The van der Waals surface area contributed by atoms with Gasteiger partial charge in [0.25, 0.3) is 0 Å². The van der Waals surface area contributed by atoms with Gasteiger partial charge >= 0.3 is 7.82 Å². The fourth-order valence-electron chi connectivity index (χ4n) is 1.89. The van der Waals surface area contributed by atoms with Crippen molar-refractivity contribution in [1.82, 2.24) is 0 Å². The van der Waals surface area contributed by atoms with E-state index in [1.807, 2.05) is 0 Å². The van der Waals surface area contributed by atoms with E-state index < -0.39 is 7.82 Å². The molecular weight excluding hydrogens is 283 g/mol. The van der Waals surface area contributed by atoms with Gasteiger partial charge in [0.2, 0.25) is 0 Å². The summed E-state index contributed by atoms with van der Waals surface area (Å²) in [5, 5.41) is 0. The van der Waals surface area contributed by atoms with Crippen molar-refractivity contribution in [3.8, 4) is 0 Å². The molecule has 1 fully saturated rings. The maximum absolute atomic E-state index is 11.8. The van der Waals surface area contributed by atoms with Crippen LogP contribution in [0.15, 0.2) is 0 Å². The molecular formula is C13H27O6P. The summed E-state index contributed by atoms with van der Waals surface area (Å²) in [5.41, 5.74) is 0. The number of hydrogen-bond donors (Lipinski definition) is 0. The molecule has 0 saturated carbocycles. The third-order valence-electron chi connectivity index (χ3n) is 2.98. The van der Waals surface area contributed by atoms with Gasteiger partial charge in [-0.15, -0.1) is 9.35 Å². The Bertz CT molecular complexity index is 286. The molecule has 0 amide bonds. The van der Waals surface area contributed by atoms with E-state index in [1.165, 1.54) is 38.5 Å². The molecule has 0 radical (unpaired) electrons. The highest BCUT2D eigenvalue weighted by Gasteiger charge is 2.36. The lowest BCUT2D eigenvalue weighted by molar-refractivity contribution is -0.310. The second-order valence-corrected chi connectivity index (χ2v) is 6.50. The quantitative estimate of drug-likeness (QED) is 0.241. The number of hydrogen-bond acceptors (Lipinski definition) is 6. The van der Waals surface area contributed by atoms with Gasteiger partial charge in [-0.1, -0.05) is 51.9 Å². The first kappa shape index (κ1) is 18.1. The van der Waals surface area contributed by atoms with Gasteiger partial charge in [0.05, 0.1) is 12.7 Å². The Morgan fingerprint density at radius 2 is 1.75 bits per heavy atom. The summed E-state index contributed by atoms with van der Waals surface area (Å²) in [7, 11) is -3.69. The summed E-state index contributed by atoms with van der Waals surface area (Å²) in [6, 6.07) is 0. The predicted octanol–water partition coefficient (Wildman–Crippen LogP) is 4.55. The zero-order valence-corrected chi connectivity index (χ0v) is 13.4. The Morgan fingerprint density at radius 1 is 1.10 bits per heavy atom. The summed E-state index contributed by atoms with van der Waals surface area (Å²) < 4.78 is 26.0. The van der Waals surface area contributed by atoms with Gasteiger partial charge in [-0.3, -0.25) is 4.52 Å². The third kappa shape index (κ3) is 8.35. The molecule has 1 rings (SSSR count). The average molecular weight is 310 g/mol. The SMILES string of the molecule is CCCCCCCCCCOOP1(=O)OOCC(C)O1. The summed E-state index contributed by atoms with van der Waals surface area (Å²) in [6.07, 6.45) is 9.29. The van der Waals surface area contributed by atoms with Crippen LogP contribution >= 0.6 is 7.82 Å². The summed E-state index contributed by atoms with van der Waals surface area (Å²) in [6.45, 7) is 4.54. The van der Waals surface area contributed by atoms with Gasteiger partial charge in [-0.25, -0.2) is 14.3 Å². The second kappa shape index (κ2) is 10.7. The first-order valence-corrected chi connectivity index (χ1v) is 9.03. The zero-order valence-electron chi connectivity index (χ0n) is 12.5. The van der Waals surface area contributed by atoms with Crippen LogP contribution in [0.4, 0.5) is 0 Å². The second-order valence-electron chi connectivity index (χ2n) is 5.09. The van der Waals surface area contributed by atoms with Gasteiger partial charge in [0.15, 0.2) is 0 Å². The van der Waals surface area contributed by atoms with Gasteiger partial charge in [-0.05, 0) is 13.3 Å². The summed E-state index contributed by atoms with van der Waals surface area (Å²) >= 11 is 0. The van der Waals surface area contributed by atoms with Gasteiger partial charge in [0.1, 0.15) is 6.61 Å². The lowest BCUT2D eigenvalue weighted by atomic mass is 10.1. The molecule has 0 aromatic carbocycles. The molecule has 1 aliphatic rings. The van der Waals surface area contributed by atoms with Crippen molar-refractivity contribution >= 4 is 7.82 Å². The van der Waals surface area contributed by atoms with Crippen LogP contribution in [0.25, 0.3) is 0 Å². The molecule has 0 N–H and O–H groups in total. The highest BCUT2D eigenvalue weighted by atomic mass is 31.2. The molecule has 2 unspecified atom stereocenters. The van der Waals surface area contributed by atoms with Crippen molar-refractivity contribution < 1.29 is 28.2 Å². The first-order valence-electron chi connectivity index (χ1n) is 7.57. The van der Waals surface area contributed by atoms with Crippen molar-refractivity contribution in [2.24, 2.45) is 0 Å². The molecule has 1 heterocycles. The minimum atomic E-state index is -3.69. The highest BCUT2D eigenvalue weighted by Crippen LogP contribution is 2.53. The number of unbranched alkanes of at least 4 members (excludes halogenated alkanes) is 7. The molecule has 2 atom stereocenters. The summed E-state index contributed by atoms with van der Waals surface area (Å²) in [5.74, 6) is 0. The van der Waals surface area contributed by atoms with Crippen LogP contribution in [0, 0.1) is 0 Å². The summed E-state index contributed by atoms with van der Waals surface area (Å²) in [4.78, 5) is 9.52. The first-order chi connectivity index (χ1) is 9.66. The van der Waals surface area contributed by atoms with E-state index in [4.69, 9.17) is 9.41 Å². The molecule has 1 aliphatic heterocycles. The maximum Gasteiger partial charge on any atom is 0.529 e. The Morgan fingerprint density at radius 3 is 2.40 bits per heavy atom. The average Bonchev–Trinajstić information content (AvgIpc) is 2.40. The minimum Gasteiger partial charge on any atom is -0.278 e. The molecule has 20 heavy (non-hydrogen) atoms. The number of phosphoric acid groups is 1. The van der Waals surface area contributed by atoms with Crippen LogP contribution in [0.5, 0.6) is 0 Å². The van der Waals surface area contributed by atoms with E-state index in [1.54, 1.807) is 6.92 Å². The maximum atomic E-state index is 11.8. The van der Waals surface area contributed by atoms with Crippen LogP contribution < -0.4 is 0 Å². The van der Waals surface area contributed by atoms with Crippen LogP contribution in [-0.4, -0.2) is 19.3 Å². The molecule has 7 heteroatoms.